The van der Waals surface area contributed by atoms with Gasteiger partial charge in [0, 0.05) is 42.1 Å². The Bertz CT molecular complexity index is 1240. The Kier molecular flexibility index (Phi) is 5.57. The van der Waals surface area contributed by atoms with Crippen LogP contribution in [0.4, 0.5) is 4.39 Å². The van der Waals surface area contributed by atoms with Crippen molar-refractivity contribution in [3.05, 3.63) is 82.9 Å². The number of rotatable bonds is 7. The highest BCUT2D eigenvalue weighted by atomic mass is 32.1. The van der Waals surface area contributed by atoms with Crippen molar-refractivity contribution in [3.8, 4) is 22.0 Å². The average molecular weight is 447 g/mol. The van der Waals surface area contributed by atoms with Gasteiger partial charge in [-0.05, 0) is 61.6 Å². The molecule has 32 heavy (non-hydrogen) atoms. The summed E-state index contributed by atoms with van der Waals surface area (Å²) in [5.41, 5.74) is 5.34. The molecule has 1 saturated carbocycles. The molecule has 5 nitrogen and oxygen atoms in total. The van der Waals surface area contributed by atoms with Crippen molar-refractivity contribution < 1.29 is 9.18 Å². The number of hydrogen-bond acceptors (Lipinski definition) is 4. The number of hydrogen-bond donors (Lipinski definition) is 1. The highest BCUT2D eigenvalue weighted by Crippen LogP contribution is 2.36. The second kappa shape index (κ2) is 8.67. The van der Waals surface area contributed by atoms with Gasteiger partial charge in [0.1, 0.15) is 10.8 Å². The van der Waals surface area contributed by atoms with Crippen molar-refractivity contribution in [2.75, 3.05) is 0 Å². The zero-order valence-electron chi connectivity index (χ0n) is 17.7. The van der Waals surface area contributed by atoms with E-state index < -0.39 is 0 Å². The zero-order chi connectivity index (χ0) is 22.1. The molecule has 5 rings (SSSR count). The van der Waals surface area contributed by atoms with E-state index in [1.165, 1.54) is 25.0 Å². The first-order valence-electron chi connectivity index (χ1n) is 10.7. The smallest absolute Gasteiger partial charge is 0.253 e. The van der Waals surface area contributed by atoms with Crippen molar-refractivity contribution >= 4 is 17.2 Å². The number of aromatic nitrogens is 3. The van der Waals surface area contributed by atoms with Crippen LogP contribution < -0.4 is 5.32 Å². The summed E-state index contributed by atoms with van der Waals surface area (Å²) in [4.78, 5) is 21.9. The third kappa shape index (κ3) is 4.34. The predicted molar refractivity (Wildman–Crippen MR) is 124 cm³/mol. The third-order valence-electron chi connectivity index (χ3n) is 5.81. The van der Waals surface area contributed by atoms with Gasteiger partial charge in [-0.1, -0.05) is 12.1 Å². The molecule has 0 unspecified atom stereocenters. The summed E-state index contributed by atoms with van der Waals surface area (Å²) in [7, 11) is 0. The van der Waals surface area contributed by atoms with Crippen LogP contribution in [0.25, 0.3) is 22.0 Å². The van der Waals surface area contributed by atoms with Crippen LogP contribution in [0, 0.1) is 18.7 Å². The summed E-state index contributed by atoms with van der Waals surface area (Å²) in [5.74, 6) is 0.243. The lowest BCUT2D eigenvalue weighted by Crippen LogP contribution is -2.23. The van der Waals surface area contributed by atoms with Crippen LogP contribution in [0.3, 0.4) is 0 Å². The number of amides is 1. The molecule has 0 saturated heterocycles. The number of carbonyl (C=O) groups excluding carboxylic acids is 1. The van der Waals surface area contributed by atoms with Crippen LogP contribution in [0.2, 0.25) is 0 Å². The lowest BCUT2D eigenvalue weighted by molar-refractivity contribution is 0.0950. The highest BCUT2D eigenvalue weighted by Gasteiger charge is 2.27. The average Bonchev–Trinajstić information content (AvgIpc) is 3.40. The number of nitrogens with zero attached hydrogens (tertiary/aromatic N) is 3. The van der Waals surface area contributed by atoms with Crippen LogP contribution >= 0.6 is 11.3 Å². The number of halogens is 1. The first kappa shape index (κ1) is 20.6. The predicted octanol–water partition coefficient (Wildman–Crippen LogP) is 5.46. The Morgan fingerprint density at radius 1 is 1.19 bits per heavy atom. The van der Waals surface area contributed by atoms with E-state index in [2.05, 4.69) is 14.9 Å². The van der Waals surface area contributed by atoms with Crippen molar-refractivity contribution in [1.82, 2.24) is 19.9 Å². The normalized spacial score (nSPS) is 13.3. The monoisotopic (exact) mass is 446 g/mol. The summed E-state index contributed by atoms with van der Waals surface area (Å²) in [6, 6.07) is 12.0. The van der Waals surface area contributed by atoms with Gasteiger partial charge in [0.2, 0.25) is 0 Å². The van der Waals surface area contributed by atoms with Crippen LogP contribution in [-0.2, 0) is 13.1 Å². The molecular formula is C25H23FN4OS. The van der Waals surface area contributed by atoms with Crippen molar-refractivity contribution in [2.45, 2.75) is 32.9 Å². The van der Waals surface area contributed by atoms with Gasteiger partial charge in [-0.3, -0.25) is 9.78 Å². The molecule has 0 radical (unpaired) electrons. The Morgan fingerprint density at radius 2 is 1.94 bits per heavy atom. The van der Waals surface area contributed by atoms with Crippen molar-refractivity contribution in [2.24, 2.45) is 5.92 Å². The standard InChI is InChI=1S/C25H23FN4OS/c1-16-21(24(31)28-13-17-4-6-20(26)7-5-17)12-23(30(16)14-18-2-3-18)22-15-32-25(29-22)19-8-10-27-11-9-19/h4-12,15,18H,2-3,13-14H2,1H3,(H,28,31). The van der Waals surface area contributed by atoms with Crippen LogP contribution in [0.1, 0.15) is 34.5 Å². The molecule has 1 aliphatic carbocycles. The SMILES string of the molecule is Cc1c(C(=O)NCc2ccc(F)cc2)cc(-c2csc(-c3ccncc3)n2)n1CC1CC1. The van der Waals surface area contributed by atoms with E-state index in [0.29, 0.717) is 18.0 Å². The molecule has 3 heterocycles. The van der Waals surface area contributed by atoms with Gasteiger partial charge in [0.25, 0.3) is 5.91 Å². The minimum absolute atomic E-state index is 0.132. The minimum atomic E-state index is -0.285. The topological polar surface area (TPSA) is 59.8 Å². The lowest BCUT2D eigenvalue weighted by atomic mass is 10.2. The van der Waals surface area contributed by atoms with Gasteiger partial charge in [0.15, 0.2) is 0 Å². The summed E-state index contributed by atoms with van der Waals surface area (Å²) in [5, 5.41) is 5.95. The molecule has 0 spiro atoms. The van der Waals surface area contributed by atoms with Crippen LogP contribution in [0.15, 0.2) is 60.2 Å². The molecule has 1 amide bonds. The molecule has 1 fully saturated rings. The second-order valence-corrected chi connectivity index (χ2v) is 9.02. The molecule has 1 aromatic carbocycles. The fourth-order valence-electron chi connectivity index (χ4n) is 3.78. The largest absolute Gasteiger partial charge is 0.348 e. The molecule has 1 N–H and O–H groups in total. The number of carbonyl (C=O) groups is 1. The summed E-state index contributed by atoms with van der Waals surface area (Å²) >= 11 is 1.59. The van der Waals surface area contributed by atoms with Gasteiger partial charge in [0.05, 0.1) is 17.0 Å². The molecule has 1 aliphatic rings. The van der Waals surface area contributed by atoms with E-state index >= 15 is 0 Å². The lowest BCUT2D eigenvalue weighted by Gasteiger charge is -2.10. The summed E-state index contributed by atoms with van der Waals surface area (Å²) in [6.07, 6.45) is 5.98. The van der Waals surface area contributed by atoms with E-state index in [0.717, 1.165) is 39.8 Å². The molecule has 7 heteroatoms. The Labute approximate surface area is 190 Å². The van der Waals surface area contributed by atoms with E-state index in [1.54, 1.807) is 35.9 Å². The van der Waals surface area contributed by atoms with Crippen molar-refractivity contribution in [3.63, 3.8) is 0 Å². The summed E-state index contributed by atoms with van der Waals surface area (Å²) < 4.78 is 15.4. The molecule has 0 atom stereocenters. The van der Waals surface area contributed by atoms with E-state index in [4.69, 9.17) is 4.98 Å². The maximum absolute atomic E-state index is 13.1. The van der Waals surface area contributed by atoms with Gasteiger partial charge in [-0.15, -0.1) is 11.3 Å². The van der Waals surface area contributed by atoms with Gasteiger partial charge < -0.3 is 9.88 Å². The zero-order valence-corrected chi connectivity index (χ0v) is 18.5. The van der Waals surface area contributed by atoms with E-state index in [9.17, 15) is 9.18 Å². The number of benzene rings is 1. The molecule has 0 bridgehead atoms. The molecular weight excluding hydrogens is 423 g/mol. The molecule has 0 aliphatic heterocycles. The number of pyridine rings is 1. The fraction of sp³-hybridized carbons (Fsp3) is 0.240. The molecule has 4 aromatic rings. The van der Waals surface area contributed by atoms with Gasteiger partial charge >= 0.3 is 0 Å². The third-order valence-corrected chi connectivity index (χ3v) is 6.70. The Balaban J connectivity index is 1.42. The number of nitrogens with one attached hydrogen (secondary N) is 1. The number of thiazole rings is 1. The van der Waals surface area contributed by atoms with E-state index in [1.807, 2.05) is 30.5 Å². The fourth-order valence-corrected chi connectivity index (χ4v) is 4.60. The molecule has 162 valence electrons. The van der Waals surface area contributed by atoms with Crippen LogP contribution in [-0.4, -0.2) is 20.4 Å². The Hall–Kier alpha value is -3.32. The first-order valence-corrected chi connectivity index (χ1v) is 11.6. The van der Waals surface area contributed by atoms with Crippen LogP contribution in [0.5, 0.6) is 0 Å². The molecule has 3 aromatic heterocycles. The maximum Gasteiger partial charge on any atom is 0.253 e. The summed E-state index contributed by atoms with van der Waals surface area (Å²) in [6.45, 7) is 3.24. The van der Waals surface area contributed by atoms with Gasteiger partial charge in [-0.25, -0.2) is 9.37 Å². The Morgan fingerprint density at radius 3 is 2.66 bits per heavy atom. The maximum atomic E-state index is 13.1. The second-order valence-electron chi connectivity index (χ2n) is 8.17. The van der Waals surface area contributed by atoms with Crippen molar-refractivity contribution in [1.29, 1.82) is 0 Å². The quantitative estimate of drug-likeness (QED) is 0.410. The first-order chi connectivity index (χ1) is 15.6. The van der Waals surface area contributed by atoms with E-state index in [-0.39, 0.29) is 11.7 Å². The van der Waals surface area contributed by atoms with Gasteiger partial charge in [-0.2, -0.15) is 0 Å². The highest BCUT2D eigenvalue weighted by molar-refractivity contribution is 7.13. The minimum Gasteiger partial charge on any atom is -0.348 e.